The van der Waals surface area contributed by atoms with E-state index in [0.717, 1.165) is 26.2 Å². The number of halogens is 2. The van der Waals surface area contributed by atoms with Gasteiger partial charge in [0.25, 0.3) is 5.91 Å². The number of amides is 1. The second kappa shape index (κ2) is 10.2. The average molecular weight is 419 g/mol. The number of alkyl halides is 2. The van der Waals surface area contributed by atoms with E-state index in [9.17, 15) is 13.6 Å². The van der Waals surface area contributed by atoms with Crippen LogP contribution in [0.3, 0.4) is 0 Å². The molecule has 162 valence electrons. The van der Waals surface area contributed by atoms with Gasteiger partial charge in [-0.25, -0.2) is 0 Å². The number of para-hydroxylation sites is 2. The highest BCUT2D eigenvalue weighted by Gasteiger charge is 2.24. The summed E-state index contributed by atoms with van der Waals surface area (Å²) in [4.78, 5) is 17.3. The molecule has 1 amide bonds. The monoisotopic (exact) mass is 419 g/mol. The summed E-state index contributed by atoms with van der Waals surface area (Å²) in [7, 11) is 1.34. The van der Waals surface area contributed by atoms with E-state index in [-0.39, 0.29) is 23.1 Å². The van der Waals surface area contributed by atoms with Crippen LogP contribution in [-0.2, 0) is 0 Å². The second-order valence-corrected chi connectivity index (χ2v) is 7.13. The Morgan fingerprint density at radius 1 is 1.07 bits per heavy atom. The number of carbonyl (C=O) groups excluding carboxylic acids is 1. The molecule has 8 heteroatoms. The molecule has 0 spiro atoms. The maximum Gasteiger partial charge on any atom is 0.387 e. The number of hydrogen-bond donors (Lipinski definition) is 1. The molecule has 0 radical (unpaired) electrons. The highest BCUT2D eigenvalue weighted by molar-refractivity contribution is 5.97. The average Bonchev–Trinajstić information content (AvgIpc) is 2.77. The molecule has 1 N–H and O–H groups in total. The van der Waals surface area contributed by atoms with Crippen LogP contribution in [0.25, 0.3) is 0 Å². The molecular formula is C22H27F2N3O3. The summed E-state index contributed by atoms with van der Waals surface area (Å²) >= 11 is 0. The maximum atomic E-state index is 12.8. The van der Waals surface area contributed by atoms with Gasteiger partial charge in [0.15, 0.2) is 11.5 Å². The van der Waals surface area contributed by atoms with Gasteiger partial charge in [0, 0.05) is 44.5 Å². The van der Waals surface area contributed by atoms with Crippen molar-refractivity contribution in [2.45, 2.75) is 19.6 Å². The SMILES string of the molecule is COc1cccc(C(=O)NCC(C)N2CCN(c3ccccc3)CC2)c1OC(F)F. The number of nitrogens with zero attached hydrogens (tertiary/aromatic N) is 2. The van der Waals surface area contributed by atoms with Crippen molar-refractivity contribution in [1.29, 1.82) is 0 Å². The fourth-order valence-corrected chi connectivity index (χ4v) is 3.59. The summed E-state index contributed by atoms with van der Waals surface area (Å²) in [6.45, 7) is 2.97. The predicted octanol–water partition coefficient (Wildman–Crippen LogP) is 3.24. The number of carbonyl (C=O) groups is 1. The molecule has 1 unspecified atom stereocenters. The third-order valence-corrected chi connectivity index (χ3v) is 5.27. The largest absolute Gasteiger partial charge is 0.493 e. The quantitative estimate of drug-likeness (QED) is 0.712. The fraction of sp³-hybridized carbons (Fsp3) is 0.409. The Hall–Kier alpha value is -2.87. The smallest absolute Gasteiger partial charge is 0.387 e. The van der Waals surface area contributed by atoms with Crippen molar-refractivity contribution in [3.05, 3.63) is 54.1 Å². The standard InChI is InChI=1S/C22H27F2N3O3/c1-16(26-11-13-27(14-12-26)17-7-4-3-5-8-17)15-25-21(28)18-9-6-10-19(29-2)20(18)30-22(23)24/h3-10,16,22H,11-15H2,1-2H3,(H,25,28). The first-order valence-electron chi connectivity index (χ1n) is 9.93. The van der Waals surface area contributed by atoms with Gasteiger partial charge in [-0.15, -0.1) is 0 Å². The lowest BCUT2D eigenvalue weighted by molar-refractivity contribution is -0.0515. The molecule has 1 heterocycles. The third-order valence-electron chi connectivity index (χ3n) is 5.27. The van der Waals surface area contributed by atoms with Crippen molar-refractivity contribution in [1.82, 2.24) is 10.2 Å². The van der Waals surface area contributed by atoms with Crippen LogP contribution in [0.2, 0.25) is 0 Å². The van der Waals surface area contributed by atoms with Crippen molar-refractivity contribution in [3.63, 3.8) is 0 Å². The molecule has 2 aromatic carbocycles. The highest BCUT2D eigenvalue weighted by atomic mass is 19.3. The zero-order valence-electron chi connectivity index (χ0n) is 17.2. The number of hydrogen-bond acceptors (Lipinski definition) is 5. The van der Waals surface area contributed by atoms with Gasteiger partial charge in [-0.05, 0) is 31.2 Å². The molecule has 0 aromatic heterocycles. The molecule has 1 saturated heterocycles. The van der Waals surface area contributed by atoms with Crippen LogP contribution >= 0.6 is 0 Å². The summed E-state index contributed by atoms with van der Waals surface area (Å²) in [6.07, 6.45) is 0. The van der Waals surface area contributed by atoms with Crippen molar-refractivity contribution < 1.29 is 23.0 Å². The van der Waals surface area contributed by atoms with E-state index in [1.807, 2.05) is 25.1 Å². The van der Waals surface area contributed by atoms with Gasteiger partial charge in [0.2, 0.25) is 0 Å². The number of ether oxygens (including phenoxy) is 2. The van der Waals surface area contributed by atoms with Gasteiger partial charge < -0.3 is 19.7 Å². The minimum Gasteiger partial charge on any atom is -0.493 e. The van der Waals surface area contributed by atoms with Crippen molar-refractivity contribution in [3.8, 4) is 11.5 Å². The van der Waals surface area contributed by atoms with E-state index < -0.39 is 12.5 Å². The number of methoxy groups -OCH3 is 1. The van der Waals surface area contributed by atoms with Gasteiger partial charge >= 0.3 is 6.61 Å². The number of nitrogens with one attached hydrogen (secondary N) is 1. The summed E-state index contributed by atoms with van der Waals surface area (Å²) < 4.78 is 35.1. The molecule has 0 saturated carbocycles. The lowest BCUT2D eigenvalue weighted by atomic mass is 10.1. The van der Waals surface area contributed by atoms with Crippen LogP contribution in [-0.4, -0.2) is 63.3 Å². The van der Waals surface area contributed by atoms with Crippen LogP contribution in [0.5, 0.6) is 11.5 Å². The zero-order valence-corrected chi connectivity index (χ0v) is 17.2. The van der Waals surface area contributed by atoms with Crippen LogP contribution in [0.15, 0.2) is 48.5 Å². The summed E-state index contributed by atoms with van der Waals surface area (Å²) in [5.74, 6) is -0.635. The van der Waals surface area contributed by atoms with Gasteiger partial charge in [0.05, 0.1) is 12.7 Å². The van der Waals surface area contributed by atoms with E-state index in [1.165, 1.54) is 24.9 Å². The first-order valence-corrected chi connectivity index (χ1v) is 9.93. The molecule has 1 aliphatic rings. The van der Waals surface area contributed by atoms with Gasteiger partial charge in [-0.2, -0.15) is 8.78 Å². The molecular weight excluding hydrogens is 392 g/mol. The zero-order chi connectivity index (χ0) is 21.5. The fourth-order valence-electron chi connectivity index (χ4n) is 3.59. The molecule has 30 heavy (non-hydrogen) atoms. The number of benzene rings is 2. The van der Waals surface area contributed by atoms with Gasteiger partial charge in [-0.1, -0.05) is 24.3 Å². The Balaban J connectivity index is 1.55. The molecule has 0 bridgehead atoms. The highest BCUT2D eigenvalue weighted by Crippen LogP contribution is 2.32. The Bertz CT molecular complexity index is 828. The molecule has 1 atom stereocenters. The number of anilines is 1. The Labute approximate surface area is 175 Å². The molecule has 1 aliphatic heterocycles. The third kappa shape index (κ3) is 5.38. The molecule has 3 rings (SSSR count). The minimum atomic E-state index is -3.05. The van der Waals surface area contributed by atoms with E-state index in [2.05, 4.69) is 32.0 Å². The first-order chi connectivity index (χ1) is 14.5. The lowest BCUT2D eigenvalue weighted by Gasteiger charge is -2.39. The van der Waals surface area contributed by atoms with E-state index in [4.69, 9.17) is 4.74 Å². The summed E-state index contributed by atoms with van der Waals surface area (Å²) in [5, 5.41) is 2.83. The molecule has 2 aromatic rings. The topological polar surface area (TPSA) is 54.0 Å². The van der Waals surface area contributed by atoms with E-state index in [1.54, 1.807) is 6.07 Å². The lowest BCUT2D eigenvalue weighted by Crippen LogP contribution is -2.52. The van der Waals surface area contributed by atoms with Crippen molar-refractivity contribution >= 4 is 11.6 Å². The summed E-state index contributed by atoms with van der Waals surface area (Å²) in [6, 6.07) is 14.9. The van der Waals surface area contributed by atoms with Crippen LogP contribution in [0.1, 0.15) is 17.3 Å². The second-order valence-electron chi connectivity index (χ2n) is 7.13. The van der Waals surface area contributed by atoms with E-state index in [0.29, 0.717) is 6.54 Å². The Morgan fingerprint density at radius 2 is 1.77 bits per heavy atom. The first kappa shape index (κ1) is 21.8. The molecule has 1 fully saturated rings. The van der Waals surface area contributed by atoms with Crippen LogP contribution in [0.4, 0.5) is 14.5 Å². The molecule has 0 aliphatic carbocycles. The van der Waals surface area contributed by atoms with Gasteiger partial charge in [-0.3, -0.25) is 9.69 Å². The Kier molecular flexibility index (Phi) is 7.46. The van der Waals surface area contributed by atoms with Crippen molar-refractivity contribution in [2.75, 3.05) is 44.7 Å². The maximum absolute atomic E-state index is 12.8. The summed E-state index contributed by atoms with van der Waals surface area (Å²) in [5.41, 5.74) is 1.23. The minimum absolute atomic E-state index is 0.0238. The normalized spacial score (nSPS) is 15.7. The molecule has 6 nitrogen and oxygen atoms in total. The van der Waals surface area contributed by atoms with Gasteiger partial charge in [0.1, 0.15) is 0 Å². The van der Waals surface area contributed by atoms with E-state index >= 15 is 0 Å². The van der Waals surface area contributed by atoms with Crippen LogP contribution in [0, 0.1) is 0 Å². The van der Waals surface area contributed by atoms with Crippen molar-refractivity contribution in [2.24, 2.45) is 0 Å². The number of rotatable bonds is 8. The number of piperazine rings is 1. The predicted molar refractivity (Wildman–Crippen MR) is 112 cm³/mol. The van der Waals surface area contributed by atoms with Crippen LogP contribution < -0.4 is 19.7 Å². The Morgan fingerprint density at radius 3 is 2.40 bits per heavy atom.